The number of hydrogen-bond acceptors (Lipinski definition) is 5. The fourth-order valence-electron chi connectivity index (χ4n) is 3.43. The molecule has 0 N–H and O–H groups in total. The van der Waals surface area contributed by atoms with E-state index in [2.05, 4.69) is 9.97 Å². The zero-order valence-electron chi connectivity index (χ0n) is 17.6. The third-order valence-corrected chi connectivity index (χ3v) is 5.26. The van der Waals surface area contributed by atoms with Gasteiger partial charge >= 0.3 is 0 Å². The van der Waals surface area contributed by atoms with E-state index < -0.39 is 0 Å². The number of benzene rings is 2. The van der Waals surface area contributed by atoms with Crippen molar-refractivity contribution in [1.29, 1.82) is 0 Å². The van der Waals surface area contributed by atoms with Crippen molar-refractivity contribution in [1.82, 2.24) is 19.8 Å². The summed E-state index contributed by atoms with van der Waals surface area (Å²) in [4.78, 5) is 37.3. The van der Waals surface area contributed by atoms with Crippen LogP contribution in [0.3, 0.4) is 0 Å². The quantitative estimate of drug-likeness (QED) is 0.650. The van der Waals surface area contributed by atoms with E-state index in [1.807, 2.05) is 61.5 Å². The lowest BCUT2D eigenvalue weighted by Gasteiger charge is -2.34. The Morgan fingerprint density at radius 1 is 0.903 bits per heavy atom. The predicted octanol–water partition coefficient (Wildman–Crippen LogP) is 3.55. The van der Waals surface area contributed by atoms with Crippen molar-refractivity contribution in [3.05, 3.63) is 71.9 Å². The summed E-state index contributed by atoms with van der Waals surface area (Å²) in [6.45, 7) is 5.49. The van der Waals surface area contributed by atoms with E-state index in [1.165, 1.54) is 6.20 Å². The van der Waals surface area contributed by atoms with Gasteiger partial charge < -0.3 is 14.5 Å². The van der Waals surface area contributed by atoms with E-state index in [9.17, 15) is 9.59 Å². The van der Waals surface area contributed by atoms with Gasteiger partial charge in [0.25, 0.3) is 5.91 Å². The minimum atomic E-state index is -0.204. The standard InChI is InChI=1S/C24H24N4O3/c1-17-8-10-20(11-9-17)31-23-21(16-25-22(26-23)19-6-4-3-5-7-19)24(30)28-14-12-27(13-15-28)18(2)29/h3-11,16H,12-15H2,1-2H3. The average Bonchev–Trinajstić information content (AvgIpc) is 2.81. The first-order chi connectivity index (χ1) is 15.0. The normalized spacial score (nSPS) is 13.7. The maximum atomic E-state index is 13.3. The Bertz CT molecular complexity index is 1080. The Morgan fingerprint density at radius 2 is 1.55 bits per heavy atom. The van der Waals surface area contributed by atoms with Gasteiger partial charge in [0.1, 0.15) is 11.3 Å². The molecule has 2 aromatic carbocycles. The highest BCUT2D eigenvalue weighted by Gasteiger charge is 2.27. The molecule has 7 nitrogen and oxygen atoms in total. The van der Waals surface area contributed by atoms with Crippen molar-refractivity contribution in [2.75, 3.05) is 26.2 Å². The number of nitrogens with zero attached hydrogens (tertiary/aromatic N) is 4. The number of ether oxygens (including phenoxy) is 1. The van der Waals surface area contributed by atoms with Gasteiger partial charge in [-0.2, -0.15) is 4.98 Å². The average molecular weight is 416 g/mol. The molecule has 31 heavy (non-hydrogen) atoms. The Labute approximate surface area is 181 Å². The van der Waals surface area contributed by atoms with E-state index in [0.717, 1.165) is 11.1 Å². The molecule has 1 aliphatic heterocycles. The summed E-state index contributed by atoms with van der Waals surface area (Å²) in [5, 5.41) is 0. The zero-order chi connectivity index (χ0) is 21.8. The van der Waals surface area contributed by atoms with E-state index in [1.54, 1.807) is 16.7 Å². The molecular weight excluding hydrogens is 392 g/mol. The highest BCUT2D eigenvalue weighted by Crippen LogP contribution is 2.27. The van der Waals surface area contributed by atoms with Gasteiger partial charge in [-0.25, -0.2) is 4.98 Å². The van der Waals surface area contributed by atoms with Gasteiger partial charge in [0.15, 0.2) is 5.82 Å². The molecule has 2 heterocycles. The van der Waals surface area contributed by atoms with Crippen LogP contribution in [0.1, 0.15) is 22.8 Å². The number of aromatic nitrogens is 2. The lowest BCUT2D eigenvalue weighted by molar-refractivity contribution is -0.130. The Morgan fingerprint density at radius 3 is 2.19 bits per heavy atom. The van der Waals surface area contributed by atoms with Crippen LogP contribution >= 0.6 is 0 Å². The smallest absolute Gasteiger partial charge is 0.261 e. The molecule has 7 heteroatoms. The predicted molar refractivity (Wildman–Crippen MR) is 117 cm³/mol. The van der Waals surface area contributed by atoms with E-state index in [-0.39, 0.29) is 17.7 Å². The summed E-state index contributed by atoms with van der Waals surface area (Å²) >= 11 is 0. The molecule has 0 radical (unpaired) electrons. The molecule has 2 amide bonds. The summed E-state index contributed by atoms with van der Waals surface area (Å²) in [5.41, 5.74) is 2.25. The Hall–Kier alpha value is -3.74. The molecule has 0 spiro atoms. The Kier molecular flexibility index (Phi) is 5.93. The van der Waals surface area contributed by atoms with E-state index in [0.29, 0.717) is 43.3 Å². The first-order valence-corrected chi connectivity index (χ1v) is 10.2. The van der Waals surface area contributed by atoms with Gasteiger partial charge in [0.2, 0.25) is 11.8 Å². The van der Waals surface area contributed by atoms with Gasteiger partial charge in [0.05, 0.1) is 0 Å². The van der Waals surface area contributed by atoms with Crippen LogP contribution < -0.4 is 4.74 Å². The summed E-state index contributed by atoms with van der Waals surface area (Å²) in [6, 6.07) is 17.1. The van der Waals surface area contributed by atoms with Gasteiger partial charge in [0, 0.05) is 44.9 Å². The summed E-state index contributed by atoms with van der Waals surface area (Å²) in [6.07, 6.45) is 1.53. The zero-order valence-corrected chi connectivity index (χ0v) is 17.6. The SMILES string of the molecule is CC(=O)N1CCN(C(=O)c2cnc(-c3ccccc3)nc2Oc2ccc(C)cc2)CC1. The summed E-state index contributed by atoms with van der Waals surface area (Å²) in [7, 11) is 0. The molecule has 1 aliphatic rings. The number of piperazine rings is 1. The largest absolute Gasteiger partial charge is 0.438 e. The molecule has 3 aromatic rings. The van der Waals surface area contributed by atoms with Gasteiger partial charge in [-0.15, -0.1) is 0 Å². The minimum absolute atomic E-state index is 0.0195. The van der Waals surface area contributed by atoms with Crippen LogP contribution in [0.25, 0.3) is 11.4 Å². The minimum Gasteiger partial charge on any atom is -0.438 e. The molecule has 0 unspecified atom stereocenters. The number of carbonyl (C=O) groups is 2. The second kappa shape index (κ2) is 8.95. The number of amides is 2. The van der Waals surface area contributed by atoms with Crippen LogP contribution in [-0.4, -0.2) is 57.8 Å². The maximum Gasteiger partial charge on any atom is 0.261 e. The third kappa shape index (κ3) is 4.71. The molecule has 1 saturated heterocycles. The van der Waals surface area contributed by atoms with Gasteiger partial charge in [-0.05, 0) is 19.1 Å². The fraction of sp³-hybridized carbons (Fsp3) is 0.250. The molecule has 1 fully saturated rings. The second-order valence-electron chi connectivity index (χ2n) is 7.49. The molecular formula is C24H24N4O3. The first kappa shape index (κ1) is 20.5. The molecule has 0 bridgehead atoms. The number of carbonyl (C=O) groups excluding carboxylic acids is 2. The van der Waals surface area contributed by atoms with Crippen molar-refractivity contribution < 1.29 is 14.3 Å². The monoisotopic (exact) mass is 416 g/mol. The molecule has 0 atom stereocenters. The second-order valence-corrected chi connectivity index (χ2v) is 7.49. The first-order valence-electron chi connectivity index (χ1n) is 10.2. The highest BCUT2D eigenvalue weighted by molar-refractivity contribution is 5.96. The lowest BCUT2D eigenvalue weighted by atomic mass is 10.2. The van der Waals surface area contributed by atoms with Crippen LogP contribution in [0.2, 0.25) is 0 Å². The Balaban J connectivity index is 1.65. The van der Waals surface area contributed by atoms with Crippen LogP contribution in [0.15, 0.2) is 60.8 Å². The molecule has 4 rings (SSSR count). The fourth-order valence-corrected chi connectivity index (χ4v) is 3.43. The number of hydrogen-bond donors (Lipinski definition) is 0. The van der Waals surface area contributed by atoms with Crippen LogP contribution in [0, 0.1) is 6.92 Å². The summed E-state index contributed by atoms with van der Waals surface area (Å²) < 4.78 is 6.03. The van der Waals surface area contributed by atoms with Gasteiger partial charge in [-0.1, -0.05) is 48.0 Å². The molecule has 0 aliphatic carbocycles. The van der Waals surface area contributed by atoms with Crippen molar-refractivity contribution >= 4 is 11.8 Å². The van der Waals surface area contributed by atoms with Crippen molar-refractivity contribution in [2.45, 2.75) is 13.8 Å². The van der Waals surface area contributed by atoms with Crippen LogP contribution in [-0.2, 0) is 4.79 Å². The molecule has 158 valence electrons. The van der Waals surface area contributed by atoms with Crippen molar-refractivity contribution in [2.24, 2.45) is 0 Å². The van der Waals surface area contributed by atoms with Crippen LogP contribution in [0.4, 0.5) is 0 Å². The number of aryl methyl sites for hydroxylation is 1. The maximum absolute atomic E-state index is 13.3. The number of rotatable bonds is 4. The van der Waals surface area contributed by atoms with Crippen molar-refractivity contribution in [3.8, 4) is 23.0 Å². The van der Waals surface area contributed by atoms with Crippen LogP contribution in [0.5, 0.6) is 11.6 Å². The van der Waals surface area contributed by atoms with Gasteiger partial charge in [-0.3, -0.25) is 9.59 Å². The third-order valence-electron chi connectivity index (χ3n) is 5.26. The summed E-state index contributed by atoms with van der Waals surface area (Å²) in [5.74, 6) is 1.12. The van der Waals surface area contributed by atoms with Crippen molar-refractivity contribution in [3.63, 3.8) is 0 Å². The van der Waals surface area contributed by atoms with E-state index >= 15 is 0 Å². The molecule has 1 aromatic heterocycles. The lowest BCUT2D eigenvalue weighted by Crippen LogP contribution is -2.50. The van der Waals surface area contributed by atoms with E-state index in [4.69, 9.17) is 4.74 Å². The topological polar surface area (TPSA) is 75.6 Å². The highest BCUT2D eigenvalue weighted by atomic mass is 16.5. The molecule has 0 saturated carbocycles.